The van der Waals surface area contributed by atoms with Gasteiger partial charge in [0.25, 0.3) is 11.8 Å². The Hall–Kier alpha value is -4.94. The minimum absolute atomic E-state index is 0.280. The SMILES string of the molecule is O=C(N[C@@H](Cc1c[nH]c2ccccc12)C(=O)N/N=C\c1c2ccccc2cc2ccccc12)c1ccc(Cl)cc1. The zero-order valence-electron chi connectivity index (χ0n) is 21.4. The molecule has 0 spiro atoms. The van der Waals surface area contributed by atoms with Gasteiger partial charge in [-0.25, -0.2) is 5.43 Å². The summed E-state index contributed by atoms with van der Waals surface area (Å²) < 4.78 is 0. The van der Waals surface area contributed by atoms with E-state index in [1.807, 2.05) is 66.9 Å². The first-order valence-electron chi connectivity index (χ1n) is 12.9. The van der Waals surface area contributed by atoms with Crippen LogP contribution in [0.3, 0.4) is 0 Å². The highest BCUT2D eigenvalue weighted by atomic mass is 35.5. The summed E-state index contributed by atoms with van der Waals surface area (Å²) in [6.45, 7) is 0. The van der Waals surface area contributed by atoms with Crippen molar-refractivity contribution < 1.29 is 9.59 Å². The largest absolute Gasteiger partial charge is 0.361 e. The molecule has 1 aromatic heterocycles. The molecule has 0 radical (unpaired) electrons. The van der Waals surface area contributed by atoms with Crippen LogP contribution in [0.1, 0.15) is 21.5 Å². The number of nitrogens with zero attached hydrogens (tertiary/aromatic N) is 1. The van der Waals surface area contributed by atoms with E-state index in [1.165, 1.54) is 0 Å². The molecule has 0 aliphatic carbocycles. The monoisotopic (exact) mass is 544 g/mol. The second kappa shape index (κ2) is 11.0. The molecule has 0 unspecified atom stereocenters. The molecule has 6 rings (SSSR count). The molecule has 0 aliphatic rings. The van der Waals surface area contributed by atoms with E-state index in [9.17, 15) is 9.59 Å². The van der Waals surface area contributed by atoms with Gasteiger partial charge in [0, 0.05) is 39.7 Å². The van der Waals surface area contributed by atoms with Crippen LogP contribution >= 0.6 is 11.6 Å². The average Bonchev–Trinajstić information content (AvgIpc) is 3.39. The molecule has 0 saturated carbocycles. The van der Waals surface area contributed by atoms with Crippen LogP contribution in [0, 0.1) is 0 Å². The van der Waals surface area contributed by atoms with Gasteiger partial charge in [-0.05, 0) is 63.5 Å². The van der Waals surface area contributed by atoms with Gasteiger partial charge in [-0.15, -0.1) is 0 Å². The molecule has 7 heteroatoms. The van der Waals surface area contributed by atoms with Crippen molar-refractivity contribution in [3.05, 3.63) is 131 Å². The molecule has 0 bridgehead atoms. The third-order valence-electron chi connectivity index (χ3n) is 7.01. The van der Waals surface area contributed by atoms with Crippen molar-refractivity contribution in [1.29, 1.82) is 0 Å². The standard InChI is InChI=1S/C33H25ClN4O2/c34-25-15-13-21(14-16-25)32(39)37-31(18-24-19-35-30-12-6-5-11-28(24)30)33(40)38-36-20-29-26-9-3-1-7-22(26)17-23-8-2-4-10-27(23)29/h1-17,19-20,31,35H,18H2,(H,37,39)(H,38,40)/b36-20-/t31-/m0/s1. The topological polar surface area (TPSA) is 86.3 Å². The van der Waals surface area contributed by atoms with E-state index in [-0.39, 0.29) is 12.3 Å². The van der Waals surface area contributed by atoms with Gasteiger partial charge < -0.3 is 10.3 Å². The van der Waals surface area contributed by atoms with Gasteiger partial charge in [-0.3, -0.25) is 9.59 Å². The molecular formula is C33H25ClN4O2. The van der Waals surface area contributed by atoms with Crippen molar-refractivity contribution in [3.8, 4) is 0 Å². The van der Waals surface area contributed by atoms with E-state index in [4.69, 9.17) is 11.6 Å². The number of fused-ring (bicyclic) bond motifs is 3. The van der Waals surface area contributed by atoms with Gasteiger partial charge in [0.2, 0.25) is 0 Å². The number of hydrogen-bond acceptors (Lipinski definition) is 3. The lowest BCUT2D eigenvalue weighted by Crippen LogP contribution is -2.46. The number of hydrogen-bond donors (Lipinski definition) is 3. The van der Waals surface area contributed by atoms with Crippen molar-refractivity contribution in [1.82, 2.24) is 15.7 Å². The number of aromatic nitrogens is 1. The fraction of sp³-hybridized carbons (Fsp3) is 0.0606. The molecule has 6 aromatic rings. The van der Waals surface area contributed by atoms with Gasteiger partial charge in [0.1, 0.15) is 6.04 Å². The van der Waals surface area contributed by atoms with Crippen LogP contribution in [0.2, 0.25) is 5.02 Å². The number of benzene rings is 5. The second-order valence-corrected chi connectivity index (χ2v) is 10.00. The number of rotatable bonds is 7. The van der Waals surface area contributed by atoms with Crippen LogP contribution in [0.25, 0.3) is 32.4 Å². The molecule has 40 heavy (non-hydrogen) atoms. The highest BCUT2D eigenvalue weighted by molar-refractivity contribution is 6.30. The highest BCUT2D eigenvalue weighted by Gasteiger charge is 2.23. The summed E-state index contributed by atoms with van der Waals surface area (Å²) in [5.74, 6) is -0.797. The predicted octanol–water partition coefficient (Wildman–Crippen LogP) is 6.62. The van der Waals surface area contributed by atoms with E-state index >= 15 is 0 Å². The highest BCUT2D eigenvalue weighted by Crippen LogP contribution is 2.27. The lowest BCUT2D eigenvalue weighted by atomic mass is 9.97. The normalized spacial score (nSPS) is 12.2. The Morgan fingerprint density at radius 3 is 2.15 bits per heavy atom. The summed E-state index contributed by atoms with van der Waals surface area (Å²) in [6, 6.07) is 31.8. The van der Waals surface area contributed by atoms with Crippen LogP contribution in [-0.2, 0) is 11.2 Å². The first-order chi connectivity index (χ1) is 19.6. The average molecular weight is 545 g/mol. The van der Waals surface area contributed by atoms with E-state index in [0.29, 0.717) is 10.6 Å². The maximum absolute atomic E-state index is 13.5. The van der Waals surface area contributed by atoms with E-state index in [0.717, 1.165) is 43.6 Å². The molecule has 6 nitrogen and oxygen atoms in total. The van der Waals surface area contributed by atoms with Crippen molar-refractivity contribution in [2.75, 3.05) is 0 Å². The fourth-order valence-electron chi connectivity index (χ4n) is 5.00. The number of aromatic amines is 1. The number of hydrazone groups is 1. The Labute approximate surface area is 235 Å². The van der Waals surface area contributed by atoms with Crippen molar-refractivity contribution in [2.45, 2.75) is 12.5 Å². The minimum Gasteiger partial charge on any atom is -0.361 e. The Bertz CT molecular complexity index is 1840. The predicted molar refractivity (Wildman–Crippen MR) is 162 cm³/mol. The van der Waals surface area contributed by atoms with Crippen molar-refractivity contribution in [2.24, 2.45) is 5.10 Å². The summed E-state index contributed by atoms with van der Waals surface area (Å²) >= 11 is 5.99. The lowest BCUT2D eigenvalue weighted by Gasteiger charge is -2.17. The summed E-state index contributed by atoms with van der Waals surface area (Å²) in [5, 5.41) is 13.0. The summed E-state index contributed by atoms with van der Waals surface area (Å²) in [6.07, 6.45) is 3.82. The molecule has 1 atom stereocenters. The zero-order valence-corrected chi connectivity index (χ0v) is 22.2. The van der Waals surface area contributed by atoms with Gasteiger partial charge in [-0.1, -0.05) is 78.3 Å². The fourth-order valence-corrected chi connectivity index (χ4v) is 5.12. The quantitative estimate of drug-likeness (QED) is 0.120. The first kappa shape index (κ1) is 25.3. The zero-order chi connectivity index (χ0) is 27.5. The molecule has 0 fully saturated rings. The molecule has 2 amide bonds. The van der Waals surface area contributed by atoms with Crippen LogP contribution in [0.4, 0.5) is 0 Å². The number of carbonyl (C=O) groups is 2. The maximum atomic E-state index is 13.5. The van der Waals surface area contributed by atoms with Crippen LogP contribution in [0.15, 0.2) is 114 Å². The smallest absolute Gasteiger partial charge is 0.262 e. The number of nitrogens with one attached hydrogen (secondary N) is 3. The van der Waals surface area contributed by atoms with E-state index < -0.39 is 11.9 Å². The Kier molecular flexibility index (Phi) is 7.00. The number of halogens is 1. The second-order valence-electron chi connectivity index (χ2n) is 9.56. The van der Waals surface area contributed by atoms with E-state index in [1.54, 1.807) is 30.5 Å². The van der Waals surface area contributed by atoms with Crippen molar-refractivity contribution >= 4 is 62.1 Å². The Balaban J connectivity index is 1.29. The Morgan fingerprint density at radius 2 is 1.45 bits per heavy atom. The van der Waals surface area contributed by atoms with Gasteiger partial charge in [-0.2, -0.15) is 5.10 Å². The number of carbonyl (C=O) groups excluding carboxylic acids is 2. The summed E-state index contributed by atoms with van der Waals surface area (Å²) in [4.78, 5) is 29.8. The van der Waals surface area contributed by atoms with Gasteiger partial charge >= 0.3 is 0 Å². The lowest BCUT2D eigenvalue weighted by molar-refractivity contribution is -0.122. The number of H-pyrrole nitrogens is 1. The third-order valence-corrected chi connectivity index (χ3v) is 7.26. The van der Waals surface area contributed by atoms with Crippen LogP contribution in [0.5, 0.6) is 0 Å². The summed E-state index contributed by atoms with van der Waals surface area (Å²) in [7, 11) is 0. The van der Waals surface area contributed by atoms with Gasteiger partial charge in [0.05, 0.1) is 6.21 Å². The molecule has 0 aliphatic heterocycles. The molecule has 5 aromatic carbocycles. The number of amides is 2. The van der Waals surface area contributed by atoms with Crippen LogP contribution in [-0.4, -0.2) is 29.1 Å². The minimum atomic E-state index is -0.871. The van der Waals surface area contributed by atoms with Crippen molar-refractivity contribution in [3.63, 3.8) is 0 Å². The molecule has 1 heterocycles. The van der Waals surface area contributed by atoms with E-state index in [2.05, 4.69) is 39.0 Å². The molecule has 196 valence electrons. The molecular weight excluding hydrogens is 520 g/mol. The third kappa shape index (κ3) is 5.17. The Morgan fingerprint density at radius 1 is 0.825 bits per heavy atom. The van der Waals surface area contributed by atoms with Crippen LogP contribution < -0.4 is 10.7 Å². The summed E-state index contributed by atoms with van der Waals surface area (Å²) in [5.41, 5.74) is 5.86. The maximum Gasteiger partial charge on any atom is 0.262 e. The number of para-hydroxylation sites is 1. The molecule has 0 saturated heterocycles. The molecule has 3 N–H and O–H groups in total. The first-order valence-corrected chi connectivity index (χ1v) is 13.3. The van der Waals surface area contributed by atoms with Gasteiger partial charge in [0.15, 0.2) is 0 Å².